The average molecular weight is 247 g/mol. The number of benzene rings is 1. The largest absolute Gasteiger partial charge is 0.508 e. The van der Waals surface area contributed by atoms with Gasteiger partial charge in [-0.15, -0.1) is 0 Å². The van der Waals surface area contributed by atoms with Crippen LogP contribution in [-0.4, -0.2) is 53.2 Å². The predicted octanol–water partition coefficient (Wildman–Crippen LogP) is 0.602. The zero-order chi connectivity index (χ0) is 12.5. The molecule has 1 atom stereocenters. The summed E-state index contributed by atoms with van der Waals surface area (Å²) in [5, 5.41) is 12.3. The summed E-state index contributed by atoms with van der Waals surface area (Å²) in [4.78, 5) is 15.7. The molecule has 0 aromatic heterocycles. The molecule has 18 heavy (non-hydrogen) atoms. The van der Waals surface area contributed by atoms with Crippen LogP contribution in [-0.2, 0) is 6.54 Å². The van der Waals surface area contributed by atoms with Crippen molar-refractivity contribution in [2.45, 2.75) is 12.6 Å². The molecule has 5 nitrogen and oxygen atoms in total. The molecule has 2 amide bonds. The highest BCUT2D eigenvalue weighted by Crippen LogP contribution is 2.18. The highest BCUT2D eigenvalue weighted by atomic mass is 16.3. The number of phenols is 1. The first-order valence-electron chi connectivity index (χ1n) is 6.27. The fourth-order valence-corrected chi connectivity index (χ4v) is 2.73. The minimum absolute atomic E-state index is 0.0667. The van der Waals surface area contributed by atoms with Crippen molar-refractivity contribution < 1.29 is 9.90 Å². The standard InChI is InChI=1S/C13H17N3O2/c17-12-3-1-2-10(6-12)8-15-4-5-16-11(9-15)7-14-13(16)18/h1-3,6,11,17H,4-5,7-9H2,(H,14,18). The summed E-state index contributed by atoms with van der Waals surface area (Å²) >= 11 is 0. The van der Waals surface area contributed by atoms with Gasteiger partial charge in [-0.1, -0.05) is 12.1 Å². The first-order valence-corrected chi connectivity index (χ1v) is 6.27. The van der Waals surface area contributed by atoms with E-state index in [0.29, 0.717) is 11.8 Å². The number of phenolic OH excluding ortho intramolecular Hbond substituents is 1. The van der Waals surface area contributed by atoms with Gasteiger partial charge in [0.2, 0.25) is 0 Å². The SMILES string of the molecule is O=C1NCC2CN(Cc3cccc(O)c3)CCN12. The van der Waals surface area contributed by atoms with Crippen LogP contribution in [0.4, 0.5) is 4.79 Å². The first kappa shape index (κ1) is 11.3. The predicted molar refractivity (Wildman–Crippen MR) is 67.3 cm³/mol. The number of carbonyl (C=O) groups is 1. The number of rotatable bonds is 2. The second kappa shape index (κ2) is 4.49. The van der Waals surface area contributed by atoms with E-state index in [1.807, 2.05) is 17.0 Å². The Morgan fingerprint density at radius 2 is 2.28 bits per heavy atom. The van der Waals surface area contributed by atoms with Crippen LogP contribution in [0.3, 0.4) is 0 Å². The number of amides is 2. The highest BCUT2D eigenvalue weighted by Gasteiger charge is 2.35. The Labute approximate surface area is 106 Å². The van der Waals surface area contributed by atoms with E-state index in [4.69, 9.17) is 0 Å². The monoisotopic (exact) mass is 247 g/mol. The molecule has 5 heteroatoms. The average Bonchev–Trinajstić information content (AvgIpc) is 2.71. The molecule has 2 aliphatic heterocycles. The molecule has 3 rings (SSSR count). The van der Waals surface area contributed by atoms with Gasteiger partial charge < -0.3 is 15.3 Å². The number of aromatic hydroxyl groups is 1. The Kier molecular flexibility index (Phi) is 2.83. The third kappa shape index (κ3) is 2.13. The molecule has 2 aliphatic rings. The van der Waals surface area contributed by atoms with Crippen molar-refractivity contribution in [2.24, 2.45) is 0 Å². The van der Waals surface area contributed by atoms with E-state index in [-0.39, 0.29) is 6.03 Å². The van der Waals surface area contributed by atoms with Crippen molar-refractivity contribution in [3.05, 3.63) is 29.8 Å². The Morgan fingerprint density at radius 1 is 1.39 bits per heavy atom. The van der Waals surface area contributed by atoms with Gasteiger partial charge in [-0.2, -0.15) is 0 Å². The summed E-state index contributed by atoms with van der Waals surface area (Å²) in [7, 11) is 0. The van der Waals surface area contributed by atoms with Crippen LogP contribution in [0, 0.1) is 0 Å². The van der Waals surface area contributed by atoms with Crippen LogP contribution < -0.4 is 5.32 Å². The van der Waals surface area contributed by atoms with Gasteiger partial charge in [0.1, 0.15) is 5.75 Å². The number of hydrogen-bond donors (Lipinski definition) is 2. The summed E-state index contributed by atoms with van der Waals surface area (Å²) in [5.74, 6) is 0.309. The molecular formula is C13H17N3O2. The third-order valence-electron chi connectivity index (χ3n) is 3.63. The fraction of sp³-hybridized carbons (Fsp3) is 0.462. The Hall–Kier alpha value is -1.75. The third-order valence-corrected chi connectivity index (χ3v) is 3.63. The number of nitrogens with one attached hydrogen (secondary N) is 1. The van der Waals surface area contributed by atoms with Crippen LogP contribution in [0.25, 0.3) is 0 Å². The molecule has 96 valence electrons. The van der Waals surface area contributed by atoms with Gasteiger partial charge in [-0.3, -0.25) is 4.90 Å². The Morgan fingerprint density at radius 3 is 3.11 bits per heavy atom. The molecule has 1 aromatic carbocycles. The minimum atomic E-state index is 0.0667. The number of fused-ring (bicyclic) bond motifs is 1. The number of urea groups is 1. The van der Waals surface area contributed by atoms with E-state index in [2.05, 4.69) is 10.2 Å². The van der Waals surface area contributed by atoms with Crippen molar-refractivity contribution in [2.75, 3.05) is 26.2 Å². The van der Waals surface area contributed by atoms with E-state index in [1.54, 1.807) is 12.1 Å². The highest BCUT2D eigenvalue weighted by molar-refractivity contribution is 5.77. The van der Waals surface area contributed by atoms with Crippen molar-refractivity contribution in [1.82, 2.24) is 15.1 Å². The van der Waals surface area contributed by atoms with Gasteiger partial charge in [0, 0.05) is 32.7 Å². The van der Waals surface area contributed by atoms with Crippen LogP contribution in [0.15, 0.2) is 24.3 Å². The maximum Gasteiger partial charge on any atom is 0.317 e. The lowest BCUT2D eigenvalue weighted by Crippen LogP contribution is -2.51. The molecule has 1 unspecified atom stereocenters. The lowest BCUT2D eigenvalue weighted by Gasteiger charge is -2.36. The number of nitrogens with zero attached hydrogens (tertiary/aromatic N) is 2. The zero-order valence-electron chi connectivity index (χ0n) is 10.2. The van der Waals surface area contributed by atoms with Crippen molar-refractivity contribution >= 4 is 6.03 Å². The van der Waals surface area contributed by atoms with E-state index >= 15 is 0 Å². The molecule has 0 radical (unpaired) electrons. The number of piperazine rings is 1. The number of hydrogen-bond acceptors (Lipinski definition) is 3. The maximum atomic E-state index is 11.5. The molecule has 2 saturated heterocycles. The Bertz CT molecular complexity index is 463. The minimum Gasteiger partial charge on any atom is -0.508 e. The van der Waals surface area contributed by atoms with Crippen molar-refractivity contribution in [3.63, 3.8) is 0 Å². The van der Waals surface area contributed by atoms with Gasteiger partial charge in [-0.25, -0.2) is 4.79 Å². The quantitative estimate of drug-likeness (QED) is 0.804. The van der Waals surface area contributed by atoms with Crippen molar-refractivity contribution in [3.8, 4) is 5.75 Å². The summed E-state index contributed by atoms with van der Waals surface area (Å²) in [6.45, 7) is 4.14. The summed E-state index contributed by atoms with van der Waals surface area (Å²) in [5.41, 5.74) is 1.11. The van der Waals surface area contributed by atoms with Crippen LogP contribution in [0.1, 0.15) is 5.56 Å². The lowest BCUT2D eigenvalue weighted by atomic mass is 10.1. The molecule has 0 aliphatic carbocycles. The fourth-order valence-electron chi connectivity index (χ4n) is 2.73. The Balaban J connectivity index is 1.64. The van der Waals surface area contributed by atoms with Gasteiger partial charge in [0.15, 0.2) is 0 Å². The molecule has 0 bridgehead atoms. The summed E-state index contributed by atoms with van der Waals surface area (Å²) < 4.78 is 0. The normalized spacial score (nSPS) is 23.9. The molecule has 2 heterocycles. The van der Waals surface area contributed by atoms with E-state index < -0.39 is 0 Å². The van der Waals surface area contributed by atoms with E-state index in [0.717, 1.165) is 38.3 Å². The van der Waals surface area contributed by atoms with E-state index in [9.17, 15) is 9.90 Å². The first-order chi connectivity index (χ1) is 8.72. The molecule has 0 saturated carbocycles. The molecule has 1 aromatic rings. The van der Waals surface area contributed by atoms with Gasteiger partial charge in [0.05, 0.1) is 6.04 Å². The van der Waals surface area contributed by atoms with Crippen LogP contribution in [0.2, 0.25) is 0 Å². The van der Waals surface area contributed by atoms with E-state index in [1.165, 1.54) is 0 Å². The lowest BCUT2D eigenvalue weighted by molar-refractivity contribution is 0.116. The van der Waals surface area contributed by atoms with Crippen LogP contribution in [0.5, 0.6) is 5.75 Å². The molecule has 2 N–H and O–H groups in total. The number of carbonyl (C=O) groups excluding carboxylic acids is 1. The zero-order valence-corrected chi connectivity index (χ0v) is 10.2. The maximum absolute atomic E-state index is 11.5. The van der Waals surface area contributed by atoms with Gasteiger partial charge in [0.25, 0.3) is 0 Å². The summed E-state index contributed by atoms with van der Waals surface area (Å²) in [6, 6.07) is 7.72. The van der Waals surface area contributed by atoms with Crippen LogP contribution >= 0.6 is 0 Å². The topological polar surface area (TPSA) is 55.8 Å². The molecular weight excluding hydrogens is 230 g/mol. The molecule has 0 spiro atoms. The van der Waals surface area contributed by atoms with Gasteiger partial charge in [-0.05, 0) is 17.7 Å². The second-order valence-electron chi connectivity index (χ2n) is 4.94. The summed E-state index contributed by atoms with van der Waals surface area (Å²) in [6.07, 6.45) is 0. The smallest absolute Gasteiger partial charge is 0.317 e. The second-order valence-corrected chi connectivity index (χ2v) is 4.94. The molecule has 2 fully saturated rings. The van der Waals surface area contributed by atoms with Gasteiger partial charge >= 0.3 is 6.03 Å². The van der Waals surface area contributed by atoms with Crippen molar-refractivity contribution in [1.29, 1.82) is 0 Å².